The average molecular weight is 388 g/mol. The molecule has 0 unspecified atom stereocenters. The van der Waals surface area contributed by atoms with E-state index in [0.717, 1.165) is 0 Å². The zero-order chi connectivity index (χ0) is 13.7. The van der Waals surface area contributed by atoms with Crippen molar-refractivity contribution in [2.75, 3.05) is 7.11 Å². The van der Waals surface area contributed by atoms with Crippen LogP contribution in [0.1, 0.15) is 11.1 Å². The zero-order valence-corrected chi connectivity index (χ0v) is 12.6. The van der Waals surface area contributed by atoms with E-state index < -0.39 is 12.6 Å². The summed E-state index contributed by atoms with van der Waals surface area (Å²) in [6.45, 7) is -2.89. The predicted molar refractivity (Wildman–Crippen MR) is 69.1 cm³/mol. The number of methoxy groups -OCH3 is 1. The summed E-state index contributed by atoms with van der Waals surface area (Å²) in [5, 5.41) is 0.423. The van der Waals surface area contributed by atoms with Crippen LogP contribution in [0.3, 0.4) is 0 Å². The van der Waals surface area contributed by atoms with Gasteiger partial charge < -0.3 is 9.47 Å². The second-order valence-corrected chi connectivity index (χ2v) is 4.73. The normalized spacial score (nSPS) is 10.6. The highest BCUT2D eigenvalue weighted by Gasteiger charge is 2.14. The molecule has 0 saturated carbocycles. The fourth-order valence-electron chi connectivity index (χ4n) is 1.34. The van der Waals surface area contributed by atoms with Crippen LogP contribution in [-0.4, -0.2) is 19.7 Å². The molecule has 100 valence electrons. The molecule has 18 heavy (non-hydrogen) atoms. The topological polar surface area (TPSA) is 35.5 Å². The summed E-state index contributed by atoms with van der Waals surface area (Å²) in [6.07, 6.45) is 0.0744. The Kier molecular flexibility index (Phi) is 6.01. The van der Waals surface area contributed by atoms with E-state index in [1.54, 1.807) is 6.07 Å². The minimum absolute atomic E-state index is 0.0352. The highest BCUT2D eigenvalue weighted by Crippen LogP contribution is 2.31. The molecule has 3 nitrogen and oxygen atoms in total. The molecule has 1 aromatic rings. The van der Waals surface area contributed by atoms with Gasteiger partial charge >= 0.3 is 12.6 Å². The Hall–Kier alpha value is -0.690. The van der Waals surface area contributed by atoms with Gasteiger partial charge in [-0.05, 0) is 39.2 Å². The number of hydrogen-bond donors (Lipinski definition) is 0. The van der Waals surface area contributed by atoms with E-state index in [4.69, 9.17) is 0 Å². The Balaban J connectivity index is 3.06. The van der Waals surface area contributed by atoms with Crippen LogP contribution in [0.2, 0.25) is 0 Å². The minimum atomic E-state index is -2.89. The molecule has 7 heteroatoms. The lowest BCUT2D eigenvalue weighted by Gasteiger charge is -2.12. The van der Waals surface area contributed by atoms with Gasteiger partial charge in [-0.2, -0.15) is 8.78 Å². The second-order valence-electron chi connectivity index (χ2n) is 3.32. The minimum Gasteiger partial charge on any atom is -0.469 e. The van der Waals surface area contributed by atoms with Crippen molar-refractivity contribution in [1.82, 2.24) is 0 Å². The second kappa shape index (κ2) is 7.04. The first-order valence-corrected chi connectivity index (χ1v) is 6.78. The summed E-state index contributed by atoms with van der Waals surface area (Å²) in [4.78, 5) is 11.2. The van der Waals surface area contributed by atoms with Crippen LogP contribution in [0.5, 0.6) is 5.75 Å². The maximum Gasteiger partial charge on any atom is 0.387 e. The van der Waals surface area contributed by atoms with Crippen molar-refractivity contribution >= 4 is 37.8 Å². The average Bonchev–Trinajstić information content (AvgIpc) is 2.31. The van der Waals surface area contributed by atoms with Gasteiger partial charge in [-0.15, -0.1) is 0 Å². The number of carbonyl (C=O) groups excluding carboxylic acids is 1. The van der Waals surface area contributed by atoms with E-state index in [2.05, 4.69) is 41.3 Å². The third-order valence-corrected chi connectivity index (χ3v) is 3.40. The summed E-state index contributed by atoms with van der Waals surface area (Å²) in [5.74, 6) is -0.361. The van der Waals surface area contributed by atoms with Gasteiger partial charge in [0, 0.05) is 5.33 Å². The highest BCUT2D eigenvalue weighted by atomic mass is 79.9. The van der Waals surface area contributed by atoms with Gasteiger partial charge in [-0.25, -0.2) is 0 Å². The van der Waals surface area contributed by atoms with E-state index >= 15 is 0 Å². The van der Waals surface area contributed by atoms with Gasteiger partial charge in [0.05, 0.1) is 18.0 Å². The molecule has 0 aliphatic carbocycles. The SMILES string of the molecule is COC(=O)Cc1cc(Br)c(OC(F)F)cc1CBr. The lowest BCUT2D eigenvalue weighted by atomic mass is 10.1. The fraction of sp³-hybridized carbons (Fsp3) is 0.364. The summed E-state index contributed by atoms with van der Waals surface area (Å²) in [5.41, 5.74) is 1.38. The van der Waals surface area contributed by atoms with E-state index in [9.17, 15) is 13.6 Å². The van der Waals surface area contributed by atoms with E-state index in [1.807, 2.05) is 0 Å². The summed E-state index contributed by atoms with van der Waals surface area (Å²) in [6, 6.07) is 3.04. The van der Waals surface area contributed by atoms with Crippen LogP contribution in [0.4, 0.5) is 8.78 Å². The van der Waals surface area contributed by atoms with E-state index in [1.165, 1.54) is 13.2 Å². The maximum absolute atomic E-state index is 12.2. The van der Waals surface area contributed by atoms with Crippen molar-refractivity contribution in [3.8, 4) is 5.75 Å². The Bertz CT molecular complexity index is 439. The molecule has 0 amide bonds. The maximum atomic E-state index is 12.2. The molecule has 0 aliphatic rings. The van der Waals surface area contributed by atoms with Crippen LogP contribution >= 0.6 is 31.9 Å². The smallest absolute Gasteiger partial charge is 0.387 e. The van der Waals surface area contributed by atoms with Crippen molar-refractivity contribution < 1.29 is 23.0 Å². The van der Waals surface area contributed by atoms with Gasteiger partial charge in [0.1, 0.15) is 5.75 Å². The molecule has 0 fully saturated rings. The van der Waals surface area contributed by atoms with Crippen molar-refractivity contribution in [3.63, 3.8) is 0 Å². The highest BCUT2D eigenvalue weighted by molar-refractivity contribution is 9.10. The lowest BCUT2D eigenvalue weighted by molar-refractivity contribution is -0.139. The van der Waals surface area contributed by atoms with Crippen molar-refractivity contribution in [2.24, 2.45) is 0 Å². The van der Waals surface area contributed by atoms with Crippen molar-refractivity contribution in [3.05, 3.63) is 27.7 Å². The molecule has 0 saturated heterocycles. The number of rotatable bonds is 5. The van der Waals surface area contributed by atoms with Crippen LogP contribution < -0.4 is 4.74 Å². The molecule has 0 aliphatic heterocycles. The first-order chi connectivity index (χ1) is 8.47. The molecule has 0 bridgehead atoms. The summed E-state index contributed by atoms with van der Waals surface area (Å²) >= 11 is 6.36. The summed E-state index contributed by atoms with van der Waals surface area (Å²) < 4.78 is 33.6. The molecule has 0 heterocycles. The molecule has 0 spiro atoms. The van der Waals surface area contributed by atoms with Gasteiger partial charge in [0.15, 0.2) is 0 Å². The molecule has 0 N–H and O–H groups in total. The monoisotopic (exact) mass is 386 g/mol. The Morgan fingerprint density at radius 1 is 1.39 bits per heavy atom. The Labute approximate surface area is 120 Å². The molecule has 1 rings (SSSR count). The van der Waals surface area contributed by atoms with Gasteiger partial charge in [0.25, 0.3) is 0 Å². The van der Waals surface area contributed by atoms with Gasteiger partial charge in [-0.3, -0.25) is 4.79 Å². The van der Waals surface area contributed by atoms with Crippen LogP contribution in [0.15, 0.2) is 16.6 Å². The molecular formula is C11H10Br2F2O3. The Morgan fingerprint density at radius 3 is 2.56 bits per heavy atom. The number of hydrogen-bond acceptors (Lipinski definition) is 3. The number of halogens is 4. The molecule has 0 aromatic heterocycles. The Morgan fingerprint density at radius 2 is 2.06 bits per heavy atom. The molecule has 0 atom stereocenters. The van der Waals surface area contributed by atoms with Crippen LogP contribution in [0.25, 0.3) is 0 Å². The van der Waals surface area contributed by atoms with E-state index in [0.29, 0.717) is 20.9 Å². The fourth-order valence-corrected chi connectivity index (χ4v) is 2.35. The summed E-state index contributed by atoms with van der Waals surface area (Å²) in [7, 11) is 1.29. The zero-order valence-electron chi connectivity index (χ0n) is 9.38. The molecule has 1 aromatic carbocycles. The van der Waals surface area contributed by atoms with Crippen LogP contribution in [-0.2, 0) is 21.3 Å². The number of esters is 1. The first kappa shape index (κ1) is 15.4. The van der Waals surface area contributed by atoms with Gasteiger partial charge in [-0.1, -0.05) is 15.9 Å². The largest absolute Gasteiger partial charge is 0.469 e. The number of alkyl halides is 3. The van der Waals surface area contributed by atoms with Crippen LogP contribution in [0, 0.1) is 0 Å². The van der Waals surface area contributed by atoms with Crippen molar-refractivity contribution in [1.29, 1.82) is 0 Å². The number of benzene rings is 1. The quantitative estimate of drug-likeness (QED) is 0.571. The standard InChI is InChI=1S/C11H10Br2F2O3/c1-17-10(16)4-6-2-8(13)9(18-11(14)15)3-7(6)5-12/h2-3,11H,4-5H2,1H3. The molecular weight excluding hydrogens is 378 g/mol. The predicted octanol–water partition coefficient (Wildman–Crippen LogP) is 3.66. The van der Waals surface area contributed by atoms with E-state index in [-0.39, 0.29) is 12.2 Å². The third kappa shape index (κ3) is 4.20. The first-order valence-electron chi connectivity index (χ1n) is 4.86. The molecule has 0 radical (unpaired) electrons. The number of carbonyl (C=O) groups is 1. The van der Waals surface area contributed by atoms with Crippen molar-refractivity contribution in [2.45, 2.75) is 18.4 Å². The third-order valence-electron chi connectivity index (χ3n) is 2.18. The number of ether oxygens (including phenoxy) is 2. The van der Waals surface area contributed by atoms with Gasteiger partial charge in [0.2, 0.25) is 0 Å². The lowest BCUT2D eigenvalue weighted by Crippen LogP contribution is -2.08.